The van der Waals surface area contributed by atoms with Gasteiger partial charge in [0.05, 0.1) is 14.2 Å². The van der Waals surface area contributed by atoms with Crippen LogP contribution in [0.3, 0.4) is 0 Å². The Hall–Kier alpha value is -4.33. The molecule has 0 aliphatic carbocycles. The van der Waals surface area contributed by atoms with Gasteiger partial charge in [-0.2, -0.15) is 0 Å². The summed E-state index contributed by atoms with van der Waals surface area (Å²) in [5.41, 5.74) is 6.14. The van der Waals surface area contributed by atoms with Gasteiger partial charge in [0.2, 0.25) is 0 Å². The molecule has 3 amide bonds. The van der Waals surface area contributed by atoms with Crippen molar-refractivity contribution in [3.63, 3.8) is 0 Å². The number of anilines is 1. The predicted molar refractivity (Wildman–Crippen MR) is 115 cm³/mol. The summed E-state index contributed by atoms with van der Waals surface area (Å²) in [4.78, 5) is 37.1. The lowest BCUT2D eigenvalue weighted by molar-refractivity contribution is 0.0846. The molecule has 0 unspecified atom stereocenters. The van der Waals surface area contributed by atoms with Gasteiger partial charge in [-0.3, -0.25) is 25.2 Å². The van der Waals surface area contributed by atoms with Gasteiger partial charge in [0.25, 0.3) is 17.7 Å². The van der Waals surface area contributed by atoms with Crippen molar-refractivity contribution in [3.8, 4) is 11.5 Å². The first-order valence-electron chi connectivity index (χ1n) is 9.30. The lowest BCUT2D eigenvalue weighted by Gasteiger charge is -2.10. The topological polar surface area (TPSA) is 106 Å². The quantitative estimate of drug-likeness (QED) is 0.533. The van der Waals surface area contributed by atoms with Crippen molar-refractivity contribution in [1.82, 2.24) is 10.9 Å². The number of ether oxygens (including phenoxy) is 2. The van der Waals surface area contributed by atoms with Gasteiger partial charge in [-0.1, -0.05) is 18.2 Å². The maximum Gasteiger partial charge on any atom is 0.269 e. The average molecular weight is 419 g/mol. The Morgan fingerprint density at radius 1 is 0.613 bits per heavy atom. The summed E-state index contributed by atoms with van der Waals surface area (Å²) in [7, 11) is 3.02. The van der Waals surface area contributed by atoms with Crippen molar-refractivity contribution in [1.29, 1.82) is 0 Å². The molecule has 0 bridgehead atoms. The minimum atomic E-state index is -0.534. The highest BCUT2D eigenvalue weighted by atomic mass is 16.5. The van der Waals surface area contributed by atoms with Crippen molar-refractivity contribution in [2.24, 2.45) is 0 Å². The molecule has 0 fully saturated rings. The van der Waals surface area contributed by atoms with Crippen LogP contribution < -0.4 is 25.6 Å². The molecule has 3 rings (SSSR count). The van der Waals surface area contributed by atoms with E-state index < -0.39 is 11.8 Å². The maximum atomic E-state index is 12.5. The number of nitrogens with one attached hydrogen (secondary N) is 3. The van der Waals surface area contributed by atoms with Crippen molar-refractivity contribution in [2.45, 2.75) is 0 Å². The summed E-state index contributed by atoms with van der Waals surface area (Å²) in [6.45, 7) is 0. The van der Waals surface area contributed by atoms with Gasteiger partial charge < -0.3 is 14.8 Å². The summed E-state index contributed by atoms with van der Waals surface area (Å²) in [6, 6.07) is 19.6. The van der Waals surface area contributed by atoms with Crippen molar-refractivity contribution < 1.29 is 23.9 Å². The van der Waals surface area contributed by atoms with E-state index in [1.807, 2.05) is 0 Å². The number of carbonyl (C=O) groups is 3. The Kier molecular flexibility index (Phi) is 6.85. The van der Waals surface area contributed by atoms with E-state index in [9.17, 15) is 14.4 Å². The molecule has 0 aliphatic heterocycles. The third kappa shape index (κ3) is 5.60. The second-order valence-electron chi connectivity index (χ2n) is 6.41. The highest BCUT2D eigenvalue weighted by Gasteiger charge is 2.12. The molecule has 0 saturated carbocycles. The molecule has 0 spiro atoms. The highest BCUT2D eigenvalue weighted by molar-refractivity contribution is 6.05. The van der Waals surface area contributed by atoms with E-state index in [1.54, 1.807) is 66.7 Å². The zero-order chi connectivity index (χ0) is 22.2. The normalized spacial score (nSPS) is 10.0. The van der Waals surface area contributed by atoms with E-state index in [4.69, 9.17) is 9.47 Å². The van der Waals surface area contributed by atoms with Crippen LogP contribution in [-0.2, 0) is 0 Å². The fourth-order valence-corrected chi connectivity index (χ4v) is 2.73. The summed E-state index contributed by atoms with van der Waals surface area (Å²) >= 11 is 0. The van der Waals surface area contributed by atoms with E-state index in [-0.39, 0.29) is 11.5 Å². The molecule has 0 aliphatic rings. The van der Waals surface area contributed by atoms with E-state index in [1.165, 1.54) is 20.3 Å². The van der Waals surface area contributed by atoms with Crippen LogP contribution in [0.2, 0.25) is 0 Å². The van der Waals surface area contributed by atoms with Crippen LogP contribution in [0.15, 0.2) is 72.8 Å². The number of hydrazine groups is 1. The van der Waals surface area contributed by atoms with Crippen molar-refractivity contribution in [3.05, 3.63) is 89.5 Å². The first-order valence-corrected chi connectivity index (χ1v) is 9.30. The smallest absolute Gasteiger partial charge is 0.269 e. The molecule has 31 heavy (non-hydrogen) atoms. The van der Waals surface area contributed by atoms with Crippen LogP contribution in [0.5, 0.6) is 11.5 Å². The van der Waals surface area contributed by atoms with E-state index in [2.05, 4.69) is 16.2 Å². The van der Waals surface area contributed by atoms with Crippen LogP contribution in [0.4, 0.5) is 5.69 Å². The molecule has 3 aromatic rings. The van der Waals surface area contributed by atoms with Crippen molar-refractivity contribution in [2.75, 3.05) is 19.5 Å². The molecule has 8 nitrogen and oxygen atoms in total. The molecule has 158 valence electrons. The minimum absolute atomic E-state index is 0.259. The zero-order valence-electron chi connectivity index (χ0n) is 17.0. The van der Waals surface area contributed by atoms with Crippen molar-refractivity contribution >= 4 is 23.4 Å². The van der Waals surface area contributed by atoms with Gasteiger partial charge in [-0.25, -0.2) is 0 Å². The minimum Gasteiger partial charge on any atom is -0.497 e. The lowest BCUT2D eigenvalue weighted by Crippen LogP contribution is -2.41. The SMILES string of the molecule is COc1cccc(C(=O)NNC(=O)c2cccc(NC(=O)c3cccc(OC)c3)c2)c1. The van der Waals surface area contributed by atoms with Gasteiger partial charge in [-0.05, 0) is 54.6 Å². The second kappa shape index (κ2) is 9.93. The Bertz CT molecular complexity index is 1110. The number of rotatable bonds is 6. The molecular formula is C23H21N3O5. The van der Waals surface area contributed by atoms with E-state index in [0.717, 1.165) is 0 Å². The summed E-state index contributed by atoms with van der Waals surface area (Å²) < 4.78 is 10.2. The number of hydrogen-bond donors (Lipinski definition) is 3. The molecule has 8 heteroatoms. The first kappa shape index (κ1) is 21.4. The molecular weight excluding hydrogens is 398 g/mol. The zero-order valence-corrected chi connectivity index (χ0v) is 17.0. The van der Waals surface area contributed by atoms with Gasteiger partial charge in [0.1, 0.15) is 11.5 Å². The summed E-state index contributed by atoms with van der Waals surface area (Å²) in [6.07, 6.45) is 0. The number of methoxy groups -OCH3 is 2. The van der Waals surface area contributed by atoms with Gasteiger partial charge in [0.15, 0.2) is 0 Å². The molecule has 3 N–H and O–H groups in total. The highest BCUT2D eigenvalue weighted by Crippen LogP contribution is 2.16. The number of hydrogen-bond acceptors (Lipinski definition) is 5. The Morgan fingerprint density at radius 2 is 1.06 bits per heavy atom. The monoisotopic (exact) mass is 419 g/mol. The van der Waals surface area contributed by atoms with Crippen LogP contribution in [0.25, 0.3) is 0 Å². The van der Waals surface area contributed by atoms with E-state index >= 15 is 0 Å². The Morgan fingerprint density at radius 3 is 1.58 bits per heavy atom. The molecule has 3 aromatic carbocycles. The fraction of sp³-hybridized carbons (Fsp3) is 0.0870. The lowest BCUT2D eigenvalue weighted by atomic mass is 10.1. The molecule has 0 heterocycles. The number of amides is 3. The second-order valence-corrected chi connectivity index (χ2v) is 6.41. The third-order valence-corrected chi connectivity index (χ3v) is 4.34. The van der Waals surface area contributed by atoms with Gasteiger partial charge >= 0.3 is 0 Å². The Balaban J connectivity index is 1.63. The van der Waals surface area contributed by atoms with Crippen LogP contribution in [-0.4, -0.2) is 31.9 Å². The summed E-state index contributed by atoms with van der Waals surface area (Å²) in [5.74, 6) is -0.280. The molecule has 0 radical (unpaired) electrons. The maximum absolute atomic E-state index is 12.5. The van der Waals surface area contributed by atoms with Crippen LogP contribution >= 0.6 is 0 Å². The van der Waals surface area contributed by atoms with Gasteiger partial charge in [-0.15, -0.1) is 0 Å². The molecule has 0 saturated heterocycles. The number of benzene rings is 3. The molecule has 0 atom stereocenters. The summed E-state index contributed by atoms with van der Waals surface area (Å²) in [5, 5.41) is 2.73. The van der Waals surface area contributed by atoms with Gasteiger partial charge in [0, 0.05) is 22.4 Å². The number of carbonyl (C=O) groups excluding carboxylic acids is 3. The fourth-order valence-electron chi connectivity index (χ4n) is 2.73. The predicted octanol–water partition coefficient (Wildman–Crippen LogP) is 3.03. The third-order valence-electron chi connectivity index (χ3n) is 4.34. The first-order chi connectivity index (χ1) is 15.0. The van der Waals surface area contributed by atoms with Crippen LogP contribution in [0, 0.1) is 0 Å². The standard InChI is InChI=1S/C23H21N3O5/c1-30-19-10-4-7-16(13-19)21(27)24-18-9-3-6-15(12-18)22(28)25-26-23(29)17-8-5-11-20(14-17)31-2/h3-14H,1-2H3,(H,24,27)(H,25,28)(H,26,29). The Labute approximate surface area is 179 Å². The van der Waals surface area contributed by atoms with E-state index in [0.29, 0.717) is 28.3 Å². The van der Waals surface area contributed by atoms with Crippen LogP contribution in [0.1, 0.15) is 31.1 Å². The molecule has 0 aromatic heterocycles. The largest absolute Gasteiger partial charge is 0.497 e. The average Bonchev–Trinajstić information content (AvgIpc) is 2.82.